The number of nitrogens with two attached hydrogens (primary N) is 1. The van der Waals surface area contributed by atoms with Crippen LogP contribution in [0.4, 0.5) is 0 Å². The number of likely N-dealkylation sites (N-methyl/N-ethyl adjacent to an activating group) is 1. The molecule has 0 radical (unpaired) electrons. The first-order valence-corrected chi connectivity index (χ1v) is 7.21. The zero-order chi connectivity index (χ0) is 14.4. The van der Waals surface area contributed by atoms with Crippen LogP contribution in [0.25, 0.3) is 0 Å². The Kier molecular flexibility index (Phi) is 5.64. The monoisotopic (exact) mass is 280 g/mol. The maximum Gasteiger partial charge on any atom is 0.231 e. The summed E-state index contributed by atoms with van der Waals surface area (Å²) in [5.41, 5.74) is 7.14. The van der Waals surface area contributed by atoms with Gasteiger partial charge in [0, 0.05) is 25.7 Å². The summed E-state index contributed by atoms with van der Waals surface area (Å²) in [5, 5.41) is 0. The van der Waals surface area contributed by atoms with Gasteiger partial charge in [-0.15, -0.1) is 0 Å². The first-order valence-electron chi connectivity index (χ1n) is 7.21. The second-order valence-corrected chi connectivity index (χ2v) is 4.69. The zero-order valence-corrected chi connectivity index (χ0v) is 12.3. The van der Waals surface area contributed by atoms with Crippen molar-refractivity contribution in [2.45, 2.75) is 19.9 Å². The molecule has 1 aromatic rings. The molecule has 1 aromatic carbocycles. The van der Waals surface area contributed by atoms with Gasteiger partial charge in [0.15, 0.2) is 11.5 Å². The second kappa shape index (κ2) is 7.47. The van der Waals surface area contributed by atoms with Crippen LogP contribution in [0.5, 0.6) is 11.5 Å². The minimum atomic E-state index is 0.176. The molecule has 5 nitrogen and oxygen atoms in total. The molecule has 112 valence electrons. The van der Waals surface area contributed by atoms with Gasteiger partial charge < -0.3 is 19.9 Å². The Morgan fingerprint density at radius 3 is 2.80 bits per heavy atom. The van der Waals surface area contributed by atoms with E-state index in [9.17, 15) is 0 Å². The molecule has 0 saturated heterocycles. The quantitative estimate of drug-likeness (QED) is 0.736. The van der Waals surface area contributed by atoms with Gasteiger partial charge in [0.25, 0.3) is 0 Å². The topological polar surface area (TPSA) is 57.0 Å². The lowest BCUT2D eigenvalue weighted by Crippen LogP contribution is -2.36. The average Bonchev–Trinajstić information content (AvgIpc) is 2.94. The second-order valence-electron chi connectivity index (χ2n) is 4.69. The fraction of sp³-hybridized carbons (Fsp3) is 0.600. The van der Waals surface area contributed by atoms with Crippen molar-refractivity contribution in [2.75, 3.05) is 39.6 Å². The Morgan fingerprint density at radius 2 is 2.10 bits per heavy atom. The van der Waals surface area contributed by atoms with E-state index < -0.39 is 0 Å². The highest BCUT2D eigenvalue weighted by atomic mass is 16.7. The molecule has 2 N–H and O–H groups in total. The van der Waals surface area contributed by atoms with Gasteiger partial charge in [0.2, 0.25) is 6.79 Å². The van der Waals surface area contributed by atoms with Gasteiger partial charge in [-0.3, -0.25) is 4.90 Å². The Labute approximate surface area is 120 Å². The van der Waals surface area contributed by atoms with E-state index in [4.69, 9.17) is 19.9 Å². The van der Waals surface area contributed by atoms with Gasteiger partial charge in [0.05, 0.1) is 6.61 Å². The van der Waals surface area contributed by atoms with E-state index >= 15 is 0 Å². The van der Waals surface area contributed by atoms with Crippen molar-refractivity contribution in [3.05, 3.63) is 23.8 Å². The van der Waals surface area contributed by atoms with Crippen LogP contribution in [-0.4, -0.2) is 44.5 Å². The van der Waals surface area contributed by atoms with Crippen LogP contribution < -0.4 is 15.2 Å². The summed E-state index contributed by atoms with van der Waals surface area (Å²) in [6, 6.07) is 6.23. The molecule has 0 amide bonds. The number of nitrogens with zero attached hydrogens (tertiary/aromatic N) is 1. The summed E-state index contributed by atoms with van der Waals surface area (Å²) in [6.07, 6.45) is 0. The third-order valence-electron chi connectivity index (χ3n) is 3.58. The van der Waals surface area contributed by atoms with E-state index in [1.54, 1.807) is 0 Å². The summed E-state index contributed by atoms with van der Waals surface area (Å²) in [7, 11) is 0. The maximum absolute atomic E-state index is 5.98. The van der Waals surface area contributed by atoms with E-state index in [1.165, 1.54) is 0 Å². The Hall–Kier alpha value is -1.30. The molecule has 0 spiro atoms. The molecule has 1 unspecified atom stereocenters. The van der Waals surface area contributed by atoms with Crippen LogP contribution in [-0.2, 0) is 4.74 Å². The summed E-state index contributed by atoms with van der Waals surface area (Å²) in [5.74, 6) is 1.61. The molecule has 1 aliphatic rings. The van der Waals surface area contributed by atoms with Gasteiger partial charge >= 0.3 is 0 Å². The molecule has 0 fully saturated rings. The van der Waals surface area contributed by atoms with Gasteiger partial charge in [-0.25, -0.2) is 0 Å². The van der Waals surface area contributed by atoms with Crippen molar-refractivity contribution in [3.63, 3.8) is 0 Å². The highest BCUT2D eigenvalue weighted by Gasteiger charge is 2.21. The molecule has 5 heteroatoms. The molecular formula is C15H24N2O3. The number of fused-ring (bicyclic) bond motifs is 1. The molecule has 20 heavy (non-hydrogen) atoms. The largest absolute Gasteiger partial charge is 0.454 e. The summed E-state index contributed by atoms with van der Waals surface area (Å²) in [4.78, 5) is 2.33. The highest BCUT2D eigenvalue weighted by Crippen LogP contribution is 2.35. The molecular weight excluding hydrogens is 256 g/mol. The first-order chi connectivity index (χ1) is 9.80. The number of rotatable bonds is 8. The minimum absolute atomic E-state index is 0.176. The van der Waals surface area contributed by atoms with Crippen molar-refractivity contribution in [1.82, 2.24) is 4.90 Å². The zero-order valence-electron chi connectivity index (χ0n) is 12.3. The van der Waals surface area contributed by atoms with Crippen molar-refractivity contribution in [3.8, 4) is 11.5 Å². The standard InChI is InChI=1S/C15H24N2O3/c1-3-17(7-8-18-4-2)13(10-16)12-5-6-14-15(9-12)20-11-19-14/h5-6,9,13H,3-4,7-8,10-11,16H2,1-2H3. The number of ether oxygens (including phenoxy) is 3. The molecule has 1 atom stereocenters. The summed E-state index contributed by atoms with van der Waals surface area (Å²) >= 11 is 0. The van der Waals surface area contributed by atoms with Crippen molar-refractivity contribution in [1.29, 1.82) is 0 Å². The predicted octanol–water partition coefficient (Wildman–Crippen LogP) is 1.77. The Balaban J connectivity index is 2.09. The van der Waals surface area contributed by atoms with E-state index in [1.807, 2.05) is 19.1 Å². The molecule has 1 aliphatic heterocycles. The van der Waals surface area contributed by atoms with Crippen molar-refractivity contribution in [2.24, 2.45) is 5.73 Å². The lowest BCUT2D eigenvalue weighted by molar-refractivity contribution is 0.0980. The van der Waals surface area contributed by atoms with Crippen molar-refractivity contribution < 1.29 is 14.2 Å². The molecule has 1 heterocycles. The third kappa shape index (κ3) is 3.42. The minimum Gasteiger partial charge on any atom is -0.454 e. The van der Waals surface area contributed by atoms with Crippen molar-refractivity contribution >= 4 is 0 Å². The van der Waals surface area contributed by atoms with E-state index in [0.717, 1.165) is 43.4 Å². The van der Waals surface area contributed by atoms with E-state index in [0.29, 0.717) is 13.3 Å². The van der Waals surface area contributed by atoms with E-state index in [-0.39, 0.29) is 6.04 Å². The Bertz CT molecular complexity index is 426. The van der Waals surface area contributed by atoms with Gasteiger partial charge in [-0.05, 0) is 31.2 Å². The highest BCUT2D eigenvalue weighted by molar-refractivity contribution is 5.45. The molecule has 0 bridgehead atoms. The van der Waals surface area contributed by atoms with Crippen LogP contribution in [0.1, 0.15) is 25.5 Å². The molecule has 0 saturated carbocycles. The summed E-state index contributed by atoms with van der Waals surface area (Å²) < 4.78 is 16.2. The van der Waals surface area contributed by atoms with Crippen LogP contribution in [0.2, 0.25) is 0 Å². The molecule has 0 aromatic heterocycles. The smallest absolute Gasteiger partial charge is 0.231 e. The number of benzene rings is 1. The SMILES string of the molecule is CCOCCN(CC)C(CN)c1ccc2c(c1)OCO2. The Morgan fingerprint density at radius 1 is 1.30 bits per heavy atom. The van der Waals surface area contributed by atoms with E-state index in [2.05, 4.69) is 17.9 Å². The van der Waals surface area contributed by atoms with Crippen LogP contribution >= 0.6 is 0 Å². The van der Waals surface area contributed by atoms with Crippen LogP contribution in [0.3, 0.4) is 0 Å². The average molecular weight is 280 g/mol. The number of hydrogen-bond acceptors (Lipinski definition) is 5. The van der Waals surface area contributed by atoms with Gasteiger partial charge in [0.1, 0.15) is 0 Å². The lowest BCUT2D eigenvalue weighted by atomic mass is 10.0. The van der Waals surface area contributed by atoms with Gasteiger partial charge in [-0.1, -0.05) is 13.0 Å². The molecule has 2 rings (SSSR count). The summed E-state index contributed by atoms with van der Waals surface area (Å²) in [6.45, 7) is 8.30. The fourth-order valence-corrected chi connectivity index (χ4v) is 2.48. The first kappa shape index (κ1) is 15.1. The van der Waals surface area contributed by atoms with Crippen LogP contribution in [0.15, 0.2) is 18.2 Å². The normalized spacial score (nSPS) is 14.8. The third-order valence-corrected chi connectivity index (χ3v) is 3.58. The maximum atomic E-state index is 5.98. The number of hydrogen-bond donors (Lipinski definition) is 1. The molecule has 0 aliphatic carbocycles. The fourth-order valence-electron chi connectivity index (χ4n) is 2.48. The predicted molar refractivity (Wildman–Crippen MR) is 78.1 cm³/mol. The van der Waals surface area contributed by atoms with Gasteiger partial charge in [-0.2, -0.15) is 0 Å². The lowest BCUT2D eigenvalue weighted by Gasteiger charge is -2.30. The van der Waals surface area contributed by atoms with Crippen LogP contribution in [0, 0.1) is 0 Å².